The van der Waals surface area contributed by atoms with E-state index in [1.54, 1.807) is 16.7 Å². The normalized spacial score (nSPS) is 10.6. The van der Waals surface area contributed by atoms with Crippen LogP contribution in [-0.4, -0.2) is 56.6 Å². The topological polar surface area (TPSA) is 38.8 Å². The molecule has 0 spiro atoms. The summed E-state index contributed by atoms with van der Waals surface area (Å²) in [5, 5.41) is 0. The molecule has 0 aromatic heterocycles. The maximum absolute atomic E-state index is 12.7. The van der Waals surface area contributed by atoms with E-state index >= 15 is 0 Å². The number of carbonyl (C=O) groups is 1. The molecule has 0 unspecified atom stereocenters. The number of hydrogen-bond acceptors (Lipinski definition) is 4. The minimum Gasteiger partial charge on any atom is -0.380 e. The molecule has 0 fully saturated rings. The van der Waals surface area contributed by atoms with E-state index in [0.717, 1.165) is 10.5 Å². The molecule has 4 nitrogen and oxygen atoms in total. The molecule has 0 heterocycles. The number of benzene rings is 1. The fraction of sp³-hybridized carbons (Fsp3) is 0.562. The lowest BCUT2D eigenvalue weighted by Gasteiger charge is -2.23. The minimum absolute atomic E-state index is 0.0411. The summed E-state index contributed by atoms with van der Waals surface area (Å²) in [6, 6.07) is 7.70. The van der Waals surface area contributed by atoms with Crippen LogP contribution in [0.1, 0.15) is 24.2 Å². The number of ether oxygens (including phenoxy) is 2. The van der Waals surface area contributed by atoms with Crippen molar-refractivity contribution in [2.45, 2.75) is 18.7 Å². The molecule has 0 saturated heterocycles. The van der Waals surface area contributed by atoms with Gasteiger partial charge in [-0.2, -0.15) is 0 Å². The van der Waals surface area contributed by atoms with E-state index in [1.165, 1.54) is 0 Å². The Labute approximate surface area is 131 Å². The van der Waals surface area contributed by atoms with Crippen molar-refractivity contribution in [1.29, 1.82) is 0 Å². The Balaban J connectivity index is 2.76. The SMILES string of the molecule is CCOCCN(CCOCC)C(=O)c1ccccc1SC. The van der Waals surface area contributed by atoms with Crippen molar-refractivity contribution in [3.8, 4) is 0 Å². The number of thioether (sulfide) groups is 1. The highest BCUT2D eigenvalue weighted by Crippen LogP contribution is 2.21. The predicted octanol–water partition coefficient (Wildman–Crippen LogP) is 2.92. The van der Waals surface area contributed by atoms with Gasteiger partial charge in [0.05, 0.1) is 18.8 Å². The molecule has 1 aromatic carbocycles. The van der Waals surface area contributed by atoms with Crippen LogP contribution in [0.2, 0.25) is 0 Å². The molecule has 5 heteroatoms. The molecule has 0 saturated carbocycles. The molecular formula is C16H25NO3S. The molecular weight excluding hydrogens is 286 g/mol. The fourth-order valence-corrected chi connectivity index (χ4v) is 2.53. The molecule has 0 aliphatic carbocycles. The molecule has 0 N–H and O–H groups in total. The van der Waals surface area contributed by atoms with Gasteiger partial charge in [-0.1, -0.05) is 12.1 Å². The van der Waals surface area contributed by atoms with Crippen molar-refractivity contribution in [3.05, 3.63) is 29.8 Å². The van der Waals surface area contributed by atoms with E-state index in [9.17, 15) is 4.79 Å². The van der Waals surface area contributed by atoms with Crippen molar-refractivity contribution < 1.29 is 14.3 Å². The Morgan fingerprint density at radius 1 is 1.10 bits per heavy atom. The summed E-state index contributed by atoms with van der Waals surface area (Å²) in [5.41, 5.74) is 0.748. The zero-order valence-corrected chi connectivity index (χ0v) is 13.9. The van der Waals surface area contributed by atoms with E-state index in [-0.39, 0.29) is 5.91 Å². The van der Waals surface area contributed by atoms with Crippen molar-refractivity contribution in [2.24, 2.45) is 0 Å². The Kier molecular flexibility index (Phi) is 9.14. The van der Waals surface area contributed by atoms with Crippen molar-refractivity contribution >= 4 is 17.7 Å². The average molecular weight is 311 g/mol. The number of hydrogen-bond donors (Lipinski definition) is 0. The zero-order chi connectivity index (χ0) is 15.5. The number of carbonyl (C=O) groups excluding carboxylic acids is 1. The quantitative estimate of drug-likeness (QED) is 0.492. The first-order valence-electron chi connectivity index (χ1n) is 7.32. The van der Waals surface area contributed by atoms with Crippen LogP contribution < -0.4 is 0 Å². The van der Waals surface area contributed by atoms with Crippen molar-refractivity contribution in [2.75, 3.05) is 45.8 Å². The highest BCUT2D eigenvalue weighted by Gasteiger charge is 2.18. The first-order valence-corrected chi connectivity index (χ1v) is 8.54. The number of amides is 1. The van der Waals surface area contributed by atoms with Crippen LogP contribution in [0.3, 0.4) is 0 Å². The van der Waals surface area contributed by atoms with Crippen molar-refractivity contribution in [1.82, 2.24) is 4.90 Å². The van der Waals surface area contributed by atoms with Crippen LogP contribution >= 0.6 is 11.8 Å². The largest absolute Gasteiger partial charge is 0.380 e. The highest BCUT2D eigenvalue weighted by molar-refractivity contribution is 7.98. The monoisotopic (exact) mass is 311 g/mol. The first-order chi connectivity index (χ1) is 10.2. The van der Waals surface area contributed by atoms with Gasteiger partial charge in [-0.3, -0.25) is 4.79 Å². The zero-order valence-electron chi connectivity index (χ0n) is 13.1. The fourth-order valence-electron chi connectivity index (χ4n) is 1.94. The van der Waals surface area contributed by atoms with Gasteiger partial charge in [0.25, 0.3) is 5.91 Å². The molecule has 0 aliphatic rings. The van der Waals surface area contributed by atoms with Gasteiger partial charge in [0, 0.05) is 31.2 Å². The maximum atomic E-state index is 12.7. The lowest BCUT2D eigenvalue weighted by Crippen LogP contribution is -2.37. The smallest absolute Gasteiger partial charge is 0.255 e. The van der Waals surface area contributed by atoms with Gasteiger partial charge in [-0.15, -0.1) is 11.8 Å². The second-order valence-corrected chi connectivity index (χ2v) is 5.23. The molecule has 0 radical (unpaired) electrons. The summed E-state index contributed by atoms with van der Waals surface area (Å²) in [6.07, 6.45) is 1.98. The third-order valence-electron chi connectivity index (χ3n) is 3.04. The van der Waals surface area contributed by atoms with Gasteiger partial charge in [0.2, 0.25) is 0 Å². The van der Waals surface area contributed by atoms with E-state index in [4.69, 9.17) is 9.47 Å². The van der Waals surface area contributed by atoms with Crippen LogP contribution in [0.5, 0.6) is 0 Å². The molecule has 1 rings (SSSR count). The van der Waals surface area contributed by atoms with E-state index in [1.807, 2.05) is 44.4 Å². The molecule has 21 heavy (non-hydrogen) atoms. The predicted molar refractivity (Wildman–Crippen MR) is 87.1 cm³/mol. The lowest BCUT2D eigenvalue weighted by molar-refractivity contribution is 0.0547. The van der Waals surface area contributed by atoms with Gasteiger partial charge in [-0.05, 0) is 32.2 Å². The minimum atomic E-state index is 0.0411. The molecule has 1 amide bonds. The second-order valence-electron chi connectivity index (χ2n) is 4.39. The second kappa shape index (κ2) is 10.7. The molecule has 0 bridgehead atoms. The Bertz CT molecular complexity index is 416. The van der Waals surface area contributed by atoms with Gasteiger partial charge in [-0.25, -0.2) is 0 Å². The first kappa shape index (κ1) is 18.0. The average Bonchev–Trinajstić information content (AvgIpc) is 2.53. The molecule has 1 aromatic rings. The van der Waals surface area contributed by atoms with Gasteiger partial charge in [0.15, 0.2) is 0 Å². The molecule has 0 aliphatic heterocycles. The summed E-state index contributed by atoms with van der Waals surface area (Å²) in [5.74, 6) is 0.0411. The van der Waals surface area contributed by atoms with Crippen LogP contribution in [0, 0.1) is 0 Å². The van der Waals surface area contributed by atoms with Gasteiger partial charge < -0.3 is 14.4 Å². The highest BCUT2D eigenvalue weighted by atomic mass is 32.2. The van der Waals surface area contributed by atoms with Gasteiger partial charge in [0.1, 0.15) is 0 Å². The third-order valence-corrected chi connectivity index (χ3v) is 3.84. The third kappa shape index (κ3) is 6.08. The maximum Gasteiger partial charge on any atom is 0.255 e. The molecule has 118 valence electrons. The summed E-state index contributed by atoms with van der Waals surface area (Å²) in [6.45, 7) is 7.51. The van der Waals surface area contributed by atoms with Crippen LogP contribution in [0.15, 0.2) is 29.2 Å². The summed E-state index contributed by atoms with van der Waals surface area (Å²) < 4.78 is 10.7. The summed E-state index contributed by atoms with van der Waals surface area (Å²) in [4.78, 5) is 15.5. The van der Waals surface area contributed by atoms with E-state index in [0.29, 0.717) is 39.5 Å². The number of rotatable bonds is 10. The number of nitrogens with zero attached hydrogens (tertiary/aromatic N) is 1. The van der Waals surface area contributed by atoms with Gasteiger partial charge >= 0.3 is 0 Å². The van der Waals surface area contributed by atoms with E-state index < -0.39 is 0 Å². The summed E-state index contributed by atoms with van der Waals surface area (Å²) >= 11 is 1.59. The Hall–Kier alpha value is -1.04. The standard InChI is InChI=1S/C16H25NO3S/c1-4-19-12-10-17(11-13-20-5-2)16(18)14-8-6-7-9-15(14)21-3/h6-9H,4-5,10-13H2,1-3H3. The van der Waals surface area contributed by atoms with Crippen LogP contribution in [0.25, 0.3) is 0 Å². The van der Waals surface area contributed by atoms with E-state index in [2.05, 4.69) is 0 Å². The Morgan fingerprint density at radius 3 is 2.19 bits per heavy atom. The summed E-state index contributed by atoms with van der Waals surface area (Å²) in [7, 11) is 0. The molecule has 0 atom stereocenters. The Morgan fingerprint density at radius 2 is 1.67 bits per heavy atom. The van der Waals surface area contributed by atoms with Crippen LogP contribution in [0.4, 0.5) is 0 Å². The van der Waals surface area contributed by atoms with Crippen LogP contribution in [-0.2, 0) is 9.47 Å². The lowest BCUT2D eigenvalue weighted by atomic mass is 10.2. The van der Waals surface area contributed by atoms with Crippen molar-refractivity contribution in [3.63, 3.8) is 0 Å².